The van der Waals surface area contributed by atoms with Gasteiger partial charge in [0, 0.05) is 29.9 Å². The van der Waals surface area contributed by atoms with Gasteiger partial charge in [0.1, 0.15) is 5.82 Å². The van der Waals surface area contributed by atoms with Crippen molar-refractivity contribution in [3.05, 3.63) is 47.9 Å². The van der Waals surface area contributed by atoms with Crippen LogP contribution in [-0.4, -0.2) is 51.7 Å². The number of fused-ring (bicyclic) bond motifs is 1. The number of halogens is 1. The molecule has 1 aliphatic rings. The van der Waals surface area contributed by atoms with Gasteiger partial charge >= 0.3 is 0 Å². The molecule has 0 saturated carbocycles. The molecule has 1 aromatic carbocycles. The Hall–Kier alpha value is -3.00. The van der Waals surface area contributed by atoms with Crippen molar-refractivity contribution in [2.24, 2.45) is 0 Å². The highest BCUT2D eigenvalue weighted by Gasteiger charge is 2.26. The highest BCUT2D eigenvalue weighted by atomic mass is 19.1. The number of hydrogen-bond donors (Lipinski definition) is 3. The van der Waals surface area contributed by atoms with E-state index in [1.54, 1.807) is 12.1 Å². The van der Waals surface area contributed by atoms with Crippen LogP contribution < -0.4 is 10.6 Å². The molecule has 1 fully saturated rings. The number of hydrogen-bond acceptors (Lipinski definition) is 5. The Morgan fingerprint density at radius 3 is 2.83 bits per heavy atom. The Morgan fingerprint density at radius 2 is 2.07 bits per heavy atom. The van der Waals surface area contributed by atoms with Gasteiger partial charge < -0.3 is 10.6 Å². The molecule has 2 aromatic heterocycles. The number of H-pyrrole nitrogens is 1. The number of rotatable bonds is 6. The molecule has 3 N–H and O–H groups in total. The Morgan fingerprint density at radius 1 is 1.28 bits per heavy atom. The van der Waals surface area contributed by atoms with Crippen molar-refractivity contribution in [3.63, 3.8) is 0 Å². The minimum Gasteiger partial charge on any atom is -0.366 e. The highest BCUT2D eigenvalue weighted by molar-refractivity contribution is 5.92. The fourth-order valence-corrected chi connectivity index (χ4v) is 3.68. The lowest BCUT2D eigenvalue weighted by molar-refractivity contribution is -0.117. The normalized spacial score (nSPS) is 17.2. The summed E-state index contributed by atoms with van der Waals surface area (Å²) < 4.78 is 13.0. The van der Waals surface area contributed by atoms with E-state index in [1.807, 2.05) is 0 Å². The van der Waals surface area contributed by atoms with E-state index in [9.17, 15) is 9.18 Å². The first-order valence-electron chi connectivity index (χ1n) is 9.87. The fraction of sp³-hybridized carbons (Fsp3) is 0.381. The molecule has 8 heteroatoms. The average Bonchev–Trinajstić information content (AvgIpc) is 3.30. The maximum Gasteiger partial charge on any atom is 0.238 e. The molecule has 0 bridgehead atoms. The van der Waals surface area contributed by atoms with Gasteiger partial charge in [-0.15, -0.1) is 0 Å². The van der Waals surface area contributed by atoms with Crippen molar-refractivity contribution in [3.8, 4) is 0 Å². The van der Waals surface area contributed by atoms with Crippen LogP contribution in [0.15, 0.2) is 36.4 Å². The third kappa shape index (κ3) is 4.54. The van der Waals surface area contributed by atoms with E-state index >= 15 is 0 Å². The summed E-state index contributed by atoms with van der Waals surface area (Å²) in [4.78, 5) is 19.2. The standard InChI is InChI=1S/C21H25FN6O/c1-13(2)23-20-17-7-8-18(25-21(17)27-26-20)14-9-10-28(11-14)12-19(29)24-16-5-3-15(22)4-6-16/h3-8,13-14H,9-12H2,1-2H3,(H,24,29)(H2,23,25,26,27). The van der Waals surface area contributed by atoms with E-state index in [4.69, 9.17) is 4.98 Å². The van der Waals surface area contributed by atoms with Crippen molar-refractivity contribution in [1.29, 1.82) is 0 Å². The zero-order chi connectivity index (χ0) is 20.4. The number of benzene rings is 1. The van der Waals surface area contributed by atoms with Crippen molar-refractivity contribution >= 4 is 28.4 Å². The molecular formula is C21H25FN6O. The number of nitrogens with zero attached hydrogens (tertiary/aromatic N) is 3. The predicted octanol–water partition coefficient (Wildman–Crippen LogP) is 3.35. The number of anilines is 2. The SMILES string of the molecule is CC(C)Nc1n[nH]c2nc(C3CCN(CC(=O)Nc4ccc(F)cc4)C3)ccc12. The molecule has 152 valence electrons. The third-order valence-electron chi connectivity index (χ3n) is 5.06. The van der Waals surface area contributed by atoms with E-state index in [1.165, 1.54) is 12.1 Å². The second-order valence-electron chi connectivity index (χ2n) is 7.78. The summed E-state index contributed by atoms with van der Waals surface area (Å²) in [6.45, 7) is 6.07. The van der Waals surface area contributed by atoms with E-state index in [0.29, 0.717) is 18.3 Å². The molecule has 4 rings (SSSR count). The fourth-order valence-electron chi connectivity index (χ4n) is 3.68. The number of amides is 1. The first-order valence-corrected chi connectivity index (χ1v) is 9.87. The number of carbonyl (C=O) groups excluding carboxylic acids is 1. The van der Waals surface area contributed by atoms with Crippen LogP contribution in [0.5, 0.6) is 0 Å². The molecule has 29 heavy (non-hydrogen) atoms. The first-order chi connectivity index (χ1) is 14.0. The molecule has 0 radical (unpaired) electrons. The summed E-state index contributed by atoms with van der Waals surface area (Å²) >= 11 is 0. The van der Waals surface area contributed by atoms with E-state index < -0.39 is 0 Å². The second kappa shape index (κ2) is 8.16. The summed E-state index contributed by atoms with van der Waals surface area (Å²) in [6.07, 6.45) is 0.952. The molecule has 1 unspecified atom stereocenters. The lowest BCUT2D eigenvalue weighted by Crippen LogP contribution is -2.31. The molecule has 7 nitrogen and oxygen atoms in total. The molecule has 3 heterocycles. The number of aromatic nitrogens is 3. The van der Waals surface area contributed by atoms with Crippen molar-refractivity contribution in [1.82, 2.24) is 20.1 Å². The van der Waals surface area contributed by atoms with Crippen LogP contribution in [0.25, 0.3) is 11.0 Å². The first kappa shape index (κ1) is 19.3. The third-order valence-corrected chi connectivity index (χ3v) is 5.06. The molecular weight excluding hydrogens is 371 g/mol. The Balaban J connectivity index is 1.36. The molecule has 0 spiro atoms. The lowest BCUT2D eigenvalue weighted by atomic mass is 10.0. The monoisotopic (exact) mass is 396 g/mol. The zero-order valence-corrected chi connectivity index (χ0v) is 16.6. The summed E-state index contributed by atoms with van der Waals surface area (Å²) in [6, 6.07) is 10.2. The van der Waals surface area contributed by atoms with Gasteiger partial charge in [-0.2, -0.15) is 5.10 Å². The van der Waals surface area contributed by atoms with Crippen molar-refractivity contribution in [2.45, 2.75) is 32.2 Å². The largest absolute Gasteiger partial charge is 0.366 e. The van der Waals surface area contributed by atoms with Gasteiger partial charge in [-0.1, -0.05) is 0 Å². The lowest BCUT2D eigenvalue weighted by Gasteiger charge is -2.15. The number of pyridine rings is 1. The van der Waals surface area contributed by atoms with Crippen LogP contribution in [0.2, 0.25) is 0 Å². The van der Waals surface area contributed by atoms with Crippen LogP contribution in [0.1, 0.15) is 31.9 Å². The Labute approximate surface area is 168 Å². The maximum atomic E-state index is 13.0. The molecule has 1 aliphatic heterocycles. The van der Waals surface area contributed by atoms with Gasteiger partial charge in [-0.25, -0.2) is 9.37 Å². The van der Waals surface area contributed by atoms with Crippen LogP contribution in [0.4, 0.5) is 15.9 Å². The predicted molar refractivity (Wildman–Crippen MR) is 111 cm³/mol. The molecule has 1 amide bonds. The van der Waals surface area contributed by atoms with E-state index in [2.05, 4.69) is 51.7 Å². The average molecular weight is 396 g/mol. The van der Waals surface area contributed by atoms with E-state index in [-0.39, 0.29) is 17.6 Å². The number of nitrogens with one attached hydrogen (secondary N) is 3. The van der Waals surface area contributed by atoms with Crippen LogP contribution in [0.3, 0.4) is 0 Å². The zero-order valence-electron chi connectivity index (χ0n) is 16.6. The van der Waals surface area contributed by atoms with Gasteiger partial charge in [-0.3, -0.25) is 14.8 Å². The maximum absolute atomic E-state index is 13.0. The summed E-state index contributed by atoms with van der Waals surface area (Å²) in [5, 5.41) is 14.4. The van der Waals surface area contributed by atoms with Gasteiger partial charge in [0.2, 0.25) is 5.91 Å². The summed E-state index contributed by atoms with van der Waals surface area (Å²) in [7, 11) is 0. The summed E-state index contributed by atoms with van der Waals surface area (Å²) in [5.74, 6) is 0.681. The Bertz CT molecular complexity index is 1000. The van der Waals surface area contributed by atoms with Crippen LogP contribution >= 0.6 is 0 Å². The van der Waals surface area contributed by atoms with Gasteiger partial charge in [0.25, 0.3) is 0 Å². The molecule has 0 aliphatic carbocycles. The quantitative estimate of drug-likeness (QED) is 0.595. The second-order valence-corrected chi connectivity index (χ2v) is 7.78. The van der Waals surface area contributed by atoms with E-state index in [0.717, 1.165) is 42.1 Å². The molecule has 3 aromatic rings. The Kier molecular flexibility index (Phi) is 5.44. The van der Waals surface area contributed by atoms with Crippen molar-refractivity contribution < 1.29 is 9.18 Å². The molecule has 1 saturated heterocycles. The van der Waals surface area contributed by atoms with Crippen LogP contribution in [0, 0.1) is 5.82 Å². The highest BCUT2D eigenvalue weighted by Crippen LogP contribution is 2.28. The minimum absolute atomic E-state index is 0.0985. The van der Waals surface area contributed by atoms with Crippen LogP contribution in [-0.2, 0) is 4.79 Å². The molecule has 1 atom stereocenters. The number of aromatic amines is 1. The smallest absolute Gasteiger partial charge is 0.238 e. The van der Waals surface area contributed by atoms with Gasteiger partial charge in [0.15, 0.2) is 11.5 Å². The van der Waals surface area contributed by atoms with Crippen molar-refractivity contribution in [2.75, 3.05) is 30.3 Å². The van der Waals surface area contributed by atoms with Gasteiger partial charge in [-0.05, 0) is 63.2 Å². The minimum atomic E-state index is -0.320. The topological polar surface area (TPSA) is 85.9 Å². The number of carbonyl (C=O) groups is 1. The number of likely N-dealkylation sites (tertiary alicyclic amines) is 1. The summed E-state index contributed by atoms with van der Waals surface area (Å²) in [5.41, 5.74) is 2.39. The van der Waals surface area contributed by atoms with Gasteiger partial charge in [0.05, 0.1) is 11.9 Å².